The lowest BCUT2D eigenvalue weighted by molar-refractivity contribution is -0.140. The van der Waals surface area contributed by atoms with Gasteiger partial charge >= 0.3 is 0 Å². The topological polar surface area (TPSA) is 37.4 Å². The number of hydrogen-bond acceptors (Lipinski definition) is 2. The van der Waals surface area contributed by atoms with Crippen molar-refractivity contribution in [2.75, 3.05) is 6.54 Å². The van der Waals surface area contributed by atoms with Crippen LogP contribution in [0.5, 0.6) is 0 Å². The maximum absolute atomic E-state index is 12.9. The van der Waals surface area contributed by atoms with E-state index in [1.807, 2.05) is 0 Å². The average molecular weight is 468 g/mol. The maximum atomic E-state index is 12.9. The first-order valence-electron chi connectivity index (χ1n) is 8.25. The summed E-state index contributed by atoms with van der Waals surface area (Å²) < 4.78 is -1.86. The van der Waals surface area contributed by atoms with Gasteiger partial charge in [-0.25, -0.2) is 0 Å². The van der Waals surface area contributed by atoms with Crippen LogP contribution in [0.2, 0.25) is 0 Å². The van der Waals surface area contributed by atoms with Crippen molar-refractivity contribution in [2.24, 2.45) is 11.8 Å². The third kappa shape index (κ3) is 2.32. The van der Waals surface area contributed by atoms with Gasteiger partial charge in [-0.1, -0.05) is 79.0 Å². The molecule has 1 aliphatic heterocycles. The van der Waals surface area contributed by atoms with Crippen molar-refractivity contribution in [3.05, 3.63) is 10.1 Å². The second-order valence-electron chi connectivity index (χ2n) is 6.82. The van der Waals surface area contributed by atoms with Crippen LogP contribution in [-0.4, -0.2) is 37.3 Å². The Morgan fingerprint density at radius 3 is 1.72 bits per heavy atom. The Hall–Kier alpha value is 0.620. The molecular weight excluding hydrogens is 451 g/mol. The Bertz CT molecular complexity index is 619. The van der Waals surface area contributed by atoms with E-state index in [9.17, 15) is 9.59 Å². The fourth-order valence-corrected chi connectivity index (χ4v) is 7.08. The zero-order valence-corrected chi connectivity index (χ0v) is 18.0. The largest absolute Gasteiger partial charge is 0.282 e. The first kappa shape index (κ1) is 20.4. The molecule has 0 aromatic rings. The van der Waals surface area contributed by atoms with Crippen molar-refractivity contribution in [2.45, 2.75) is 53.1 Å². The molecule has 0 aromatic carbocycles. The van der Waals surface area contributed by atoms with E-state index in [-0.39, 0.29) is 10.1 Å². The first-order chi connectivity index (χ1) is 11.6. The molecule has 1 heterocycles. The van der Waals surface area contributed by atoms with E-state index < -0.39 is 37.7 Å². The van der Waals surface area contributed by atoms with Crippen molar-refractivity contribution in [1.29, 1.82) is 0 Å². The lowest BCUT2D eigenvalue weighted by Crippen LogP contribution is -2.50. The smallest absolute Gasteiger partial charge is 0.235 e. The summed E-state index contributed by atoms with van der Waals surface area (Å²) in [6.45, 7) is 2.44. The molecule has 0 unspecified atom stereocenters. The number of carbonyl (C=O) groups excluding carboxylic acids is 2. The number of nitrogens with zero attached hydrogens (tertiary/aromatic N) is 1. The summed E-state index contributed by atoms with van der Waals surface area (Å²) in [5.41, 5.74) is 0. The molecule has 0 radical (unpaired) electrons. The van der Waals surface area contributed by atoms with Gasteiger partial charge in [0.05, 0.1) is 21.9 Å². The fourth-order valence-electron chi connectivity index (χ4n) is 4.15. The van der Waals surface area contributed by atoms with Crippen LogP contribution in [0.15, 0.2) is 10.1 Å². The van der Waals surface area contributed by atoms with Crippen molar-refractivity contribution in [1.82, 2.24) is 4.90 Å². The Balaban J connectivity index is 1.88. The van der Waals surface area contributed by atoms with Crippen molar-refractivity contribution in [3.8, 4) is 0 Å². The number of rotatable bonds is 6. The van der Waals surface area contributed by atoms with Crippen LogP contribution in [0.1, 0.15) is 39.0 Å². The molecule has 2 fully saturated rings. The second kappa shape index (κ2) is 6.60. The molecule has 3 aliphatic rings. The molecule has 1 saturated carbocycles. The Morgan fingerprint density at radius 1 is 0.840 bits per heavy atom. The molecule has 0 N–H and O–H groups in total. The molecule has 0 aromatic heterocycles. The first-order valence-corrected chi connectivity index (χ1v) is 10.5. The number of carbonyl (C=O) groups is 2. The lowest BCUT2D eigenvalue weighted by atomic mass is 9.84. The highest BCUT2D eigenvalue weighted by Gasteiger charge is 2.87. The quantitative estimate of drug-likeness (QED) is 0.298. The van der Waals surface area contributed by atoms with Crippen LogP contribution in [-0.2, 0) is 9.59 Å². The number of amides is 2. The molecule has 3 nitrogen and oxygen atoms in total. The van der Waals surface area contributed by atoms with Gasteiger partial charge in [-0.15, -0.1) is 23.2 Å². The summed E-state index contributed by atoms with van der Waals surface area (Å²) in [5.74, 6) is -2.90. The van der Waals surface area contributed by atoms with Gasteiger partial charge in [0.1, 0.15) is 9.75 Å². The number of hydrogen-bond donors (Lipinski definition) is 0. The van der Waals surface area contributed by atoms with E-state index in [1.54, 1.807) is 0 Å². The summed E-state index contributed by atoms with van der Waals surface area (Å²) in [5, 5.41) is -0.106. The van der Waals surface area contributed by atoms with Gasteiger partial charge in [-0.3, -0.25) is 14.5 Å². The van der Waals surface area contributed by atoms with Gasteiger partial charge in [0.2, 0.25) is 11.8 Å². The van der Waals surface area contributed by atoms with Crippen LogP contribution in [0, 0.1) is 11.8 Å². The molecule has 3 rings (SSSR count). The van der Waals surface area contributed by atoms with Gasteiger partial charge < -0.3 is 0 Å². The maximum Gasteiger partial charge on any atom is 0.235 e. The predicted molar refractivity (Wildman–Crippen MR) is 103 cm³/mol. The van der Waals surface area contributed by atoms with Crippen molar-refractivity contribution < 1.29 is 9.59 Å². The summed E-state index contributed by atoms with van der Waals surface area (Å²) in [4.78, 5) is 23.6. The lowest BCUT2D eigenvalue weighted by Gasteiger charge is -2.34. The number of likely N-dealkylation sites (tertiary alicyclic amines) is 1. The predicted octanol–water partition coefficient (Wildman–Crippen LogP) is 5.40. The van der Waals surface area contributed by atoms with Gasteiger partial charge in [-0.05, 0) is 6.42 Å². The molecule has 2 amide bonds. The van der Waals surface area contributed by atoms with E-state index in [2.05, 4.69) is 6.92 Å². The van der Waals surface area contributed by atoms with E-state index in [1.165, 1.54) is 4.90 Å². The standard InChI is InChI=1S/C16H17Cl6NO2/c1-2-3-4-5-6-7-23-12(24)8-9(13(23)25)15(20)11(18)10(17)14(8,19)16(15,21)22/h8-9H,2-7H2,1H3/t8-,9-,14-,15-/m0/s1. The molecule has 25 heavy (non-hydrogen) atoms. The van der Waals surface area contributed by atoms with Crippen LogP contribution in [0.25, 0.3) is 0 Å². The minimum absolute atomic E-state index is 0.0528. The summed E-state index contributed by atoms with van der Waals surface area (Å²) >= 11 is 38.6. The van der Waals surface area contributed by atoms with Crippen molar-refractivity contribution >= 4 is 81.4 Å². The number of imide groups is 1. The minimum atomic E-state index is -1.86. The zero-order valence-electron chi connectivity index (χ0n) is 13.4. The molecular formula is C16H17Cl6NO2. The third-order valence-corrected chi connectivity index (χ3v) is 9.74. The molecule has 140 valence electrons. The second-order valence-corrected chi connectivity index (χ2v) is 10.1. The Morgan fingerprint density at radius 2 is 1.28 bits per heavy atom. The monoisotopic (exact) mass is 465 g/mol. The van der Waals surface area contributed by atoms with E-state index in [4.69, 9.17) is 69.6 Å². The molecule has 2 bridgehead atoms. The van der Waals surface area contributed by atoms with Gasteiger partial charge in [-0.2, -0.15) is 0 Å². The van der Waals surface area contributed by atoms with E-state index >= 15 is 0 Å². The van der Waals surface area contributed by atoms with E-state index in [0.29, 0.717) is 6.54 Å². The highest BCUT2D eigenvalue weighted by atomic mass is 35.5. The van der Waals surface area contributed by atoms with Gasteiger partial charge in [0.15, 0.2) is 4.33 Å². The third-order valence-electron chi connectivity index (χ3n) is 5.49. The summed E-state index contributed by atoms with van der Waals surface area (Å²) in [7, 11) is 0. The highest BCUT2D eigenvalue weighted by Crippen LogP contribution is 2.77. The minimum Gasteiger partial charge on any atom is -0.282 e. The molecule has 0 spiro atoms. The van der Waals surface area contributed by atoms with Gasteiger partial charge in [0.25, 0.3) is 0 Å². The van der Waals surface area contributed by atoms with Crippen LogP contribution in [0.3, 0.4) is 0 Å². The molecule has 2 aliphatic carbocycles. The zero-order chi connectivity index (χ0) is 18.8. The van der Waals surface area contributed by atoms with Crippen LogP contribution in [0.4, 0.5) is 0 Å². The highest BCUT2D eigenvalue weighted by molar-refractivity contribution is 6.66. The number of allylic oxidation sites excluding steroid dienone is 2. The number of unbranched alkanes of at least 4 members (excludes halogenated alkanes) is 4. The van der Waals surface area contributed by atoms with Crippen molar-refractivity contribution in [3.63, 3.8) is 0 Å². The van der Waals surface area contributed by atoms with Crippen LogP contribution >= 0.6 is 69.6 Å². The normalized spacial score (nSPS) is 38.9. The SMILES string of the molecule is CCCCCCCN1C(=O)[C@@H]2[C@@H](C1=O)[C@]1(Cl)C(Cl)=C(Cl)[C@]2(Cl)C1(Cl)Cl. The summed E-state index contributed by atoms with van der Waals surface area (Å²) in [6, 6.07) is 0. The molecule has 1 saturated heterocycles. The van der Waals surface area contributed by atoms with Crippen LogP contribution < -0.4 is 0 Å². The van der Waals surface area contributed by atoms with Gasteiger partial charge in [0, 0.05) is 6.54 Å². The number of fused-ring (bicyclic) bond motifs is 5. The summed E-state index contributed by atoms with van der Waals surface area (Å²) in [6.07, 6.45) is 4.96. The molecule has 4 atom stereocenters. The fraction of sp³-hybridized carbons (Fsp3) is 0.750. The number of alkyl halides is 4. The number of halogens is 6. The molecule has 9 heteroatoms. The Kier molecular flexibility index (Phi) is 5.37. The average Bonchev–Trinajstić information content (AvgIpc) is 2.93. The van der Waals surface area contributed by atoms with E-state index in [0.717, 1.165) is 32.1 Å². The Labute approximate surface area is 176 Å².